The van der Waals surface area contributed by atoms with E-state index in [4.69, 9.17) is 19.0 Å². The van der Waals surface area contributed by atoms with Gasteiger partial charge in [0.2, 0.25) is 0 Å². The standard InChI is InChI=1S/C21H20F3N3O5S/c1-3-30-20(28)18-17(16-15(29-2)7-8-25-19(16)33-18)26-12-27-32-10-9-31-14-6-4-5-13(11-14)21(22,23)24/h4-8,11-12H,3,9-10H2,1-2H3,(H,26,27). The summed E-state index contributed by atoms with van der Waals surface area (Å²) in [5.74, 6) is 0.0324. The number of nitrogens with one attached hydrogen (secondary N) is 1. The van der Waals surface area contributed by atoms with Gasteiger partial charge in [0.25, 0.3) is 0 Å². The van der Waals surface area contributed by atoms with Crippen LogP contribution in [0.2, 0.25) is 0 Å². The van der Waals surface area contributed by atoms with Crippen LogP contribution >= 0.6 is 11.3 Å². The zero-order valence-corrected chi connectivity index (χ0v) is 18.5. The van der Waals surface area contributed by atoms with E-state index in [1.54, 1.807) is 19.2 Å². The molecule has 0 bridgehead atoms. The van der Waals surface area contributed by atoms with Gasteiger partial charge in [-0.1, -0.05) is 6.07 Å². The molecule has 33 heavy (non-hydrogen) atoms. The average molecular weight is 483 g/mol. The smallest absolute Gasteiger partial charge is 0.416 e. The molecule has 0 atom stereocenters. The van der Waals surface area contributed by atoms with E-state index in [2.05, 4.69) is 15.5 Å². The maximum atomic E-state index is 12.7. The van der Waals surface area contributed by atoms with E-state index in [-0.39, 0.29) is 30.4 Å². The number of thiophene rings is 1. The van der Waals surface area contributed by atoms with Crippen LogP contribution in [0.3, 0.4) is 0 Å². The van der Waals surface area contributed by atoms with Crippen molar-refractivity contribution in [2.24, 2.45) is 4.99 Å². The van der Waals surface area contributed by atoms with E-state index >= 15 is 0 Å². The summed E-state index contributed by atoms with van der Waals surface area (Å²) < 4.78 is 53.9. The molecule has 2 heterocycles. The molecule has 0 spiro atoms. The van der Waals surface area contributed by atoms with Gasteiger partial charge in [0.15, 0.2) is 0 Å². The van der Waals surface area contributed by atoms with Crippen LogP contribution < -0.4 is 15.0 Å². The molecule has 1 N–H and O–H groups in total. The Labute approximate surface area is 190 Å². The van der Waals surface area contributed by atoms with E-state index in [1.807, 2.05) is 0 Å². The van der Waals surface area contributed by atoms with Gasteiger partial charge in [0, 0.05) is 6.20 Å². The van der Waals surface area contributed by atoms with Crippen molar-refractivity contribution in [2.75, 3.05) is 26.9 Å². The highest BCUT2D eigenvalue weighted by molar-refractivity contribution is 7.21. The lowest BCUT2D eigenvalue weighted by Crippen LogP contribution is -2.17. The largest absolute Gasteiger partial charge is 0.496 e. The van der Waals surface area contributed by atoms with Crippen molar-refractivity contribution < 1.29 is 37.0 Å². The second-order valence-corrected chi connectivity index (χ2v) is 7.29. The second-order valence-electron chi connectivity index (χ2n) is 6.29. The molecule has 0 aliphatic heterocycles. The van der Waals surface area contributed by atoms with Crippen molar-refractivity contribution in [3.63, 3.8) is 0 Å². The van der Waals surface area contributed by atoms with Crippen LogP contribution in [0.4, 0.5) is 18.9 Å². The fraction of sp³-hybridized carbons (Fsp3) is 0.286. The number of rotatable bonds is 10. The van der Waals surface area contributed by atoms with Gasteiger partial charge in [-0.15, -0.1) is 11.3 Å². The second kappa shape index (κ2) is 11.0. The number of hydroxylamine groups is 1. The van der Waals surface area contributed by atoms with Crippen molar-refractivity contribution in [3.8, 4) is 11.5 Å². The third-order valence-electron chi connectivity index (χ3n) is 4.15. The van der Waals surface area contributed by atoms with Gasteiger partial charge < -0.3 is 14.2 Å². The van der Waals surface area contributed by atoms with E-state index in [1.165, 1.54) is 25.6 Å². The van der Waals surface area contributed by atoms with Crippen LogP contribution in [0, 0.1) is 0 Å². The number of fused-ring (bicyclic) bond motifs is 1. The van der Waals surface area contributed by atoms with Crippen molar-refractivity contribution in [3.05, 3.63) is 47.0 Å². The fourth-order valence-electron chi connectivity index (χ4n) is 2.76. The number of carbonyl (C=O) groups excluding carboxylic acids is 1. The summed E-state index contributed by atoms with van der Waals surface area (Å²) in [5.41, 5.74) is 2.01. The van der Waals surface area contributed by atoms with Crippen LogP contribution in [-0.4, -0.2) is 44.2 Å². The minimum Gasteiger partial charge on any atom is -0.496 e. The number of nitrogens with zero attached hydrogens (tertiary/aromatic N) is 2. The van der Waals surface area contributed by atoms with Crippen LogP contribution in [-0.2, 0) is 15.8 Å². The first-order valence-corrected chi connectivity index (χ1v) is 10.5. The number of esters is 1. The number of aliphatic imine (C=N–C) groups is 1. The summed E-state index contributed by atoms with van der Waals surface area (Å²) in [5, 5.41) is 0.555. The van der Waals surface area contributed by atoms with Gasteiger partial charge in [-0.05, 0) is 31.2 Å². The molecule has 0 aliphatic carbocycles. The normalized spacial score (nSPS) is 11.7. The lowest BCUT2D eigenvalue weighted by Gasteiger charge is -2.10. The molecule has 3 aromatic rings. The Bertz CT molecular complexity index is 1130. The van der Waals surface area contributed by atoms with E-state index in [9.17, 15) is 18.0 Å². The molecule has 0 radical (unpaired) electrons. The Morgan fingerprint density at radius 1 is 1.27 bits per heavy atom. The Morgan fingerprint density at radius 3 is 2.82 bits per heavy atom. The lowest BCUT2D eigenvalue weighted by molar-refractivity contribution is -0.137. The van der Waals surface area contributed by atoms with Gasteiger partial charge >= 0.3 is 12.1 Å². The van der Waals surface area contributed by atoms with E-state index < -0.39 is 17.7 Å². The zero-order valence-electron chi connectivity index (χ0n) is 17.6. The SMILES string of the molecule is CCOC(=O)c1sc2nccc(OC)c2c1N=CNOCCOc1cccc(C(F)(F)F)c1. The lowest BCUT2D eigenvalue weighted by atomic mass is 10.2. The molecule has 0 saturated carbocycles. The highest BCUT2D eigenvalue weighted by Gasteiger charge is 2.30. The minimum atomic E-state index is -4.44. The number of alkyl halides is 3. The van der Waals surface area contributed by atoms with Gasteiger partial charge in [0.05, 0.1) is 24.7 Å². The summed E-state index contributed by atoms with van der Waals surface area (Å²) >= 11 is 1.13. The van der Waals surface area contributed by atoms with Crippen molar-refractivity contribution in [1.82, 2.24) is 10.5 Å². The molecule has 0 unspecified atom stereocenters. The van der Waals surface area contributed by atoms with Crippen molar-refractivity contribution in [1.29, 1.82) is 0 Å². The van der Waals surface area contributed by atoms with Gasteiger partial charge in [-0.3, -0.25) is 10.3 Å². The Hall–Kier alpha value is -3.38. The molecule has 0 fully saturated rings. The summed E-state index contributed by atoms with van der Waals surface area (Å²) in [6, 6.07) is 6.21. The molecule has 1 aromatic carbocycles. The molecule has 0 saturated heterocycles. The maximum Gasteiger partial charge on any atom is 0.416 e. The first-order valence-electron chi connectivity index (χ1n) is 9.67. The summed E-state index contributed by atoms with van der Waals surface area (Å²) in [7, 11) is 1.50. The molecule has 12 heteroatoms. The number of halogens is 3. The molecule has 0 aliphatic rings. The third kappa shape index (κ3) is 6.11. The van der Waals surface area contributed by atoms with E-state index in [0.717, 1.165) is 23.5 Å². The number of benzene rings is 1. The van der Waals surface area contributed by atoms with Crippen LogP contribution in [0.5, 0.6) is 11.5 Å². The Kier molecular flexibility index (Phi) is 8.06. The topological polar surface area (TPSA) is 91.3 Å². The predicted molar refractivity (Wildman–Crippen MR) is 116 cm³/mol. The fourth-order valence-corrected chi connectivity index (χ4v) is 3.76. The number of methoxy groups -OCH3 is 1. The molecule has 3 rings (SSSR count). The zero-order chi connectivity index (χ0) is 23.8. The summed E-state index contributed by atoms with van der Waals surface area (Å²) in [6.45, 7) is 1.91. The number of carbonyl (C=O) groups is 1. The summed E-state index contributed by atoms with van der Waals surface area (Å²) in [4.78, 5) is 26.8. The number of pyridine rings is 1. The minimum absolute atomic E-state index is 0.00461. The quantitative estimate of drug-likeness (QED) is 0.146. The molecular formula is C21H20F3N3O5S. The molecule has 0 amide bonds. The molecule has 8 nitrogen and oxygen atoms in total. The van der Waals surface area contributed by atoms with Gasteiger partial charge in [-0.2, -0.15) is 13.2 Å². The number of hydrogen-bond acceptors (Lipinski definition) is 8. The molecule has 2 aromatic heterocycles. The van der Waals surface area contributed by atoms with Gasteiger partial charge in [-0.25, -0.2) is 14.8 Å². The molecular weight excluding hydrogens is 463 g/mol. The number of ether oxygens (including phenoxy) is 3. The van der Waals surface area contributed by atoms with Crippen LogP contribution in [0.15, 0.2) is 41.5 Å². The van der Waals surface area contributed by atoms with Crippen molar-refractivity contribution >= 4 is 39.5 Å². The van der Waals surface area contributed by atoms with Crippen molar-refractivity contribution in [2.45, 2.75) is 13.1 Å². The summed E-state index contributed by atoms with van der Waals surface area (Å²) in [6.07, 6.45) is -1.66. The highest BCUT2D eigenvalue weighted by Crippen LogP contribution is 2.42. The maximum absolute atomic E-state index is 12.7. The van der Waals surface area contributed by atoms with Crippen LogP contribution in [0.1, 0.15) is 22.2 Å². The highest BCUT2D eigenvalue weighted by atomic mass is 32.1. The number of aromatic nitrogens is 1. The van der Waals surface area contributed by atoms with Crippen LogP contribution in [0.25, 0.3) is 10.2 Å². The molecule has 176 valence electrons. The predicted octanol–water partition coefficient (Wildman–Crippen LogP) is 4.76. The third-order valence-corrected chi connectivity index (χ3v) is 5.22. The Morgan fingerprint density at radius 2 is 2.09 bits per heavy atom. The van der Waals surface area contributed by atoms with E-state index in [0.29, 0.717) is 21.7 Å². The monoisotopic (exact) mass is 483 g/mol. The first kappa shape index (κ1) is 24.3. The first-order chi connectivity index (χ1) is 15.8. The average Bonchev–Trinajstić information content (AvgIpc) is 3.17. The van der Waals surface area contributed by atoms with Gasteiger partial charge in [0.1, 0.15) is 46.4 Å². The Balaban J connectivity index is 1.61. The number of hydrogen-bond donors (Lipinski definition) is 1.